The molecule has 1 aromatic carbocycles. The van der Waals surface area contributed by atoms with Crippen molar-refractivity contribution >= 4 is 11.6 Å². The third-order valence-corrected chi connectivity index (χ3v) is 2.20. The number of hydrogen-bond donors (Lipinski definition) is 3. The van der Waals surface area contributed by atoms with Crippen LogP contribution >= 0.6 is 0 Å². The average molecular weight is 224 g/mol. The molecule has 0 aliphatic heterocycles. The lowest BCUT2D eigenvalue weighted by Gasteiger charge is -2.14. The third-order valence-electron chi connectivity index (χ3n) is 2.20. The molecule has 0 saturated heterocycles. The summed E-state index contributed by atoms with van der Waals surface area (Å²) in [5.74, 6) is -0.350. The van der Waals surface area contributed by atoms with Crippen molar-refractivity contribution in [2.24, 2.45) is 5.73 Å². The molecule has 1 amide bonds. The highest BCUT2D eigenvalue weighted by atomic mass is 16.5. The first-order valence-electron chi connectivity index (χ1n) is 4.91. The average Bonchev–Trinajstić information content (AvgIpc) is 2.25. The predicted octanol–water partition coefficient (Wildman–Crippen LogP) is 0.613. The molecule has 0 fully saturated rings. The quantitative estimate of drug-likeness (QED) is 0.654. The molecule has 0 saturated carbocycles. The Morgan fingerprint density at radius 1 is 1.62 bits per heavy atom. The van der Waals surface area contributed by atoms with E-state index in [0.29, 0.717) is 5.69 Å². The minimum Gasteiger partial charge on any atom is -0.506 e. The summed E-state index contributed by atoms with van der Waals surface area (Å²) in [5.41, 5.74) is 6.66. The van der Waals surface area contributed by atoms with E-state index in [1.165, 1.54) is 13.2 Å². The van der Waals surface area contributed by atoms with Crippen LogP contribution in [0.25, 0.3) is 0 Å². The molecule has 4 N–H and O–H groups in total. The van der Waals surface area contributed by atoms with E-state index in [0.717, 1.165) is 5.56 Å². The van der Waals surface area contributed by atoms with E-state index in [-0.39, 0.29) is 18.2 Å². The number of aromatic hydroxyl groups is 1. The zero-order valence-corrected chi connectivity index (χ0v) is 9.36. The van der Waals surface area contributed by atoms with Gasteiger partial charge in [0.25, 0.3) is 5.91 Å². The number of phenolic OH excluding ortho intramolecular Hbond substituents is 1. The van der Waals surface area contributed by atoms with Crippen LogP contribution in [-0.4, -0.2) is 30.8 Å². The molecule has 0 aliphatic carbocycles. The number of aryl methyl sites for hydroxylation is 1. The molecule has 1 rings (SSSR count). The van der Waals surface area contributed by atoms with Crippen molar-refractivity contribution in [3.05, 3.63) is 23.8 Å². The number of methoxy groups -OCH3 is 1. The summed E-state index contributed by atoms with van der Waals surface area (Å²) in [6, 6.07) is 4.95. The lowest BCUT2D eigenvalue weighted by molar-refractivity contribution is -0.125. The van der Waals surface area contributed by atoms with Crippen LogP contribution in [0.5, 0.6) is 5.75 Å². The number of hydrogen-bond acceptors (Lipinski definition) is 4. The molecule has 88 valence electrons. The molecule has 1 aromatic rings. The number of rotatable bonds is 4. The van der Waals surface area contributed by atoms with Crippen LogP contribution in [-0.2, 0) is 9.53 Å². The van der Waals surface area contributed by atoms with Gasteiger partial charge in [0.15, 0.2) is 0 Å². The number of carbonyl (C=O) groups is 1. The van der Waals surface area contributed by atoms with Crippen LogP contribution < -0.4 is 11.1 Å². The monoisotopic (exact) mass is 224 g/mol. The van der Waals surface area contributed by atoms with Crippen molar-refractivity contribution in [1.29, 1.82) is 0 Å². The maximum atomic E-state index is 11.6. The summed E-state index contributed by atoms with van der Waals surface area (Å²) in [5, 5.41) is 12.1. The maximum absolute atomic E-state index is 11.6. The van der Waals surface area contributed by atoms with Gasteiger partial charge in [-0.3, -0.25) is 4.79 Å². The van der Waals surface area contributed by atoms with E-state index < -0.39 is 6.10 Å². The summed E-state index contributed by atoms with van der Waals surface area (Å²) < 4.78 is 4.88. The van der Waals surface area contributed by atoms with Crippen molar-refractivity contribution in [2.45, 2.75) is 13.0 Å². The SMILES string of the molecule is COC(CN)C(=O)Nc1cc(C)ccc1O. The Morgan fingerprint density at radius 2 is 2.31 bits per heavy atom. The third kappa shape index (κ3) is 2.95. The molecule has 0 aromatic heterocycles. The highest BCUT2D eigenvalue weighted by Crippen LogP contribution is 2.23. The summed E-state index contributed by atoms with van der Waals surface area (Å²) in [4.78, 5) is 11.6. The van der Waals surface area contributed by atoms with E-state index >= 15 is 0 Å². The van der Waals surface area contributed by atoms with E-state index in [9.17, 15) is 9.90 Å². The molecule has 1 atom stereocenters. The Kier molecular flexibility index (Phi) is 4.28. The van der Waals surface area contributed by atoms with Crippen molar-refractivity contribution < 1.29 is 14.6 Å². The number of nitrogens with one attached hydrogen (secondary N) is 1. The second kappa shape index (κ2) is 5.48. The number of amides is 1. The summed E-state index contributed by atoms with van der Waals surface area (Å²) in [6.07, 6.45) is -0.708. The van der Waals surface area contributed by atoms with Crippen molar-refractivity contribution in [1.82, 2.24) is 0 Å². The number of anilines is 1. The first-order chi connectivity index (χ1) is 7.58. The minimum atomic E-state index is -0.708. The van der Waals surface area contributed by atoms with E-state index in [2.05, 4.69) is 5.32 Å². The fourth-order valence-corrected chi connectivity index (χ4v) is 1.27. The Hall–Kier alpha value is -1.59. The van der Waals surface area contributed by atoms with E-state index in [1.807, 2.05) is 6.92 Å². The van der Waals surface area contributed by atoms with Gasteiger partial charge in [-0.15, -0.1) is 0 Å². The molecule has 0 bridgehead atoms. The molecular formula is C11H16N2O3. The van der Waals surface area contributed by atoms with Crippen LogP contribution in [0.15, 0.2) is 18.2 Å². The minimum absolute atomic E-state index is 0.0193. The summed E-state index contributed by atoms with van der Waals surface area (Å²) in [6.45, 7) is 1.96. The van der Waals surface area contributed by atoms with Gasteiger partial charge in [0.2, 0.25) is 0 Å². The second-order valence-corrected chi connectivity index (χ2v) is 3.47. The number of carbonyl (C=O) groups excluding carboxylic acids is 1. The first kappa shape index (κ1) is 12.5. The Labute approximate surface area is 94.2 Å². The van der Waals surface area contributed by atoms with Crippen LogP contribution in [0.2, 0.25) is 0 Å². The molecule has 16 heavy (non-hydrogen) atoms. The predicted molar refractivity (Wildman–Crippen MR) is 61.3 cm³/mol. The lowest BCUT2D eigenvalue weighted by Crippen LogP contribution is -2.35. The normalized spacial score (nSPS) is 12.2. The first-order valence-corrected chi connectivity index (χ1v) is 4.91. The standard InChI is InChI=1S/C11H16N2O3/c1-7-3-4-9(14)8(5-7)13-11(15)10(6-12)16-2/h3-5,10,14H,6,12H2,1-2H3,(H,13,15). The van der Waals surface area contributed by atoms with Crippen LogP contribution in [0, 0.1) is 6.92 Å². The Bertz CT molecular complexity index is 375. The highest BCUT2D eigenvalue weighted by Gasteiger charge is 2.16. The van der Waals surface area contributed by atoms with Gasteiger partial charge in [0.05, 0.1) is 5.69 Å². The molecular weight excluding hydrogens is 208 g/mol. The van der Waals surface area contributed by atoms with Crippen LogP contribution in [0.1, 0.15) is 5.56 Å². The largest absolute Gasteiger partial charge is 0.506 e. The fraction of sp³-hybridized carbons (Fsp3) is 0.364. The number of ether oxygens (including phenoxy) is 1. The number of benzene rings is 1. The fourth-order valence-electron chi connectivity index (χ4n) is 1.27. The lowest BCUT2D eigenvalue weighted by atomic mass is 10.2. The van der Waals surface area contributed by atoms with Gasteiger partial charge in [-0.25, -0.2) is 0 Å². The molecule has 1 unspecified atom stereocenters. The molecule has 5 heteroatoms. The smallest absolute Gasteiger partial charge is 0.254 e. The van der Waals surface area contributed by atoms with Gasteiger partial charge >= 0.3 is 0 Å². The Balaban J connectivity index is 2.80. The van der Waals surface area contributed by atoms with Gasteiger partial charge in [-0.1, -0.05) is 6.07 Å². The molecule has 5 nitrogen and oxygen atoms in total. The molecule has 0 aliphatic rings. The van der Waals surface area contributed by atoms with E-state index in [1.54, 1.807) is 12.1 Å². The van der Waals surface area contributed by atoms with Crippen molar-refractivity contribution in [2.75, 3.05) is 19.0 Å². The molecule has 0 heterocycles. The van der Waals surface area contributed by atoms with Gasteiger partial charge in [0, 0.05) is 13.7 Å². The van der Waals surface area contributed by atoms with Gasteiger partial charge in [-0.2, -0.15) is 0 Å². The zero-order valence-electron chi connectivity index (χ0n) is 9.36. The van der Waals surface area contributed by atoms with E-state index in [4.69, 9.17) is 10.5 Å². The highest BCUT2D eigenvalue weighted by molar-refractivity contribution is 5.95. The van der Waals surface area contributed by atoms with Gasteiger partial charge in [0.1, 0.15) is 11.9 Å². The van der Waals surface area contributed by atoms with Gasteiger partial charge in [-0.05, 0) is 24.6 Å². The van der Waals surface area contributed by atoms with Crippen molar-refractivity contribution in [3.8, 4) is 5.75 Å². The topological polar surface area (TPSA) is 84.6 Å². The summed E-state index contributed by atoms with van der Waals surface area (Å²) in [7, 11) is 1.41. The van der Waals surface area contributed by atoms with Crippen LogP contribution in [0.3, 0.4) is 0 Å². The number of phenols is 1. The maximum Gasteiger partial charge on any atom is 0.254 e. The molecule has 0 radical (unpaired) electrons. The second-order valence-electron chi connectivity index (χ2n) is 3.47. The molecule has 0 spiro atoms. The summed E-state index contributed by atoms with van der Waals surface area (Å²) >= 11 is 0. The number of nitrogens with two attached hydrogens (primary N) is 1. The van der Waals surface area contributed by atoms with Gasteiger partial charge < -0.3 is 20.9 Å². The zero-order chi connectivity index (χ0) is 12.1. The van der Waals surface area contributed by atoms with Crippen LogP contribution in [0.4, 0.5) is 5.69 Å². The Morgan fingerprint density at radius 3 is 2.88 bits per heavy atom. The van der Waals surface area contributed by atoms with Crippen molar-refractivity contribution in [3.63, 3.8) is 0 Å².